The third kappa shape index (κ3) is 4.08. The third-order valence-electron chi connectivity index (χ3n) is 6.64. The Kier molecular flexibility index (Phi) is 6.08. The van der Waals surface area contributed by atoms with Gasteiger partial charge < -0.3 is 25.3 Å². The molecule has 2 aliphatic heterocycles. The molecule has 2 amide bonds. The van der Waals surface area contributed by atoms with Crippen LogP contribution in [0, 0.1) is 11.6 Å². The summed E-state index contributed by atoms with van der Waals surface area (Å²) in [7, 11) is 0. The van der Waals surface area contributed by atoms with Crippen LogP contribution in [0.15, 0.2) is 53.3 Å². The Labute approximate surface area is 199 Å². The molecule has 3 heterocycles. The molecule has 182 valence electrons. The van der Waals surface area contributed by atoms with Crippen LogP contribution in [0.4, 0.5) is 8.78 Å². The van der Waals surface area contributed by atoms with Crippen LogP contribution in [-0.4, -0.2) is 60.6 Å². The predicted molar refractivity (Wildman–Crippen MR) is 124 cm³/mol. The van der Waals surface area contributed by atoms with Crippen molar-refractivity contribution in [2.75, 3.05) is 32.8 Å². The monoisotopic (exact) mass is 482 g/mol. The molecular weight excluding hydrogens is 458 g/mol. The molecule has 8 nitrogen and oxygen atoms in total. The van der Waals surface area contributed by atoms with Crippen molar-refractivity contribution in [1.82, 2.24) is 20.5 Å². The van der Waals surface area contributed by atoms with Gasteiger partial charge in [0.15, 0.2) is 17.2 Å². The maximum absolute atomic E-state index is 14.4. The molecule has 10 heteroatoms. The van der Waals surface area contributed by atoms with Gasteiger partial charge in [0.2, 0.25) is 5.56 Å². The molecule has 1 aromatic heterocycles. The van der Waals surface area contributed by atoms with Gasteiger partial charge in [0, 0.05) is 49.8 Å². The van der Waals surface area contributed by atoms with E-state index in [0.29, 0.717) is 24.1 Å². The van der Waals surface area contributed by atoms with Gasteiger partial charge in [-0.1, -0.05) is 24.3 Å². The minimum absolute atomic E-state index is 0.0255. The van der Waals surface area contributed by atoms with Gasteiger partial charge in [0.05, 0.1) is 11.7 Å². The van der Waals surface area contributed by atoms with E-state index in [0.717, 1.165) is 18.6 Å². The van der Waals surface area contributed by atoms with Crippen molar-refractivity contribution < 1.29 is 23.1 Å². The number of nitrogens with zero attached hydrogens (tertiary/aromatic N) is 1. The molecule has 2 atom stereocenters. The molecule has 5 rings (SSSR count). The number of H-pyrrole nitrogens is 1. The molecule has 0 aliphatic carbocycles. The fourth-order valence-electron chi connectivity index (χ4n) is 4.69. The topological polar surface area (TPSA) is 104 Å². The maximum atomic E-state index is 14.4. The van der Waals surface area contributed by atoms with Crippen LogP contribution < -0.4 is 16.2 Å². The number of pyridine rings is 1. The minimum Gasteiger partial charge on any atom is -0.376 e. The van der Waals surface area contributed by atoms with Gasteiger partial charge in [0.25, 0.3) is 11.8 Å². The first-order chi connectivity index (χ1) is 16.9. The van der Waals surface area contributed by atoms with E-state index in [1.54, 1.807) is 24.3 Å². The molecule has 35 heavy (non-hydrogen) atoms. The zero-order valence-electron chi connectivity index (χ0n) is 18.8. The van der Waals surface area contributed by atoms with Crippen LogP contribution in [0.2, 0.25) is 0 Å². The van der Waals surface area contributed by atoms with Gasteiger partial charge in [0.1, 0.15) is 0 Å². The van der Waals surface area contributed by atoms with Crippen LogP contribution in [0.5, 0.6) is 0 Å². The Morgan fingerprint density at radius 1 is 1.14 bits per heavy atom. The molecule has 3 N–H and O–H groups in total. The number of aromatic amines is 1. The van der Waals surface area contributed by atoms with Crippen molar-refractivity contribution in [3.63, 3.8) is 0 Å². The van der Waals surface area contributed by atoms with Crippen molar-refractivity contribution in [2.45, 2.75) is 18.1 Å². The van der Waals surface area contributed by atoms with Gasteiger partial charge >= 0.3 is 0 Å². The van der Waals surface area contributed by atoms with E-state index >= 15 is 0 Å². The summed E-state index contributed by atoms with van der Waals surface area (Å²) in [6.07, 6.45) is 0.649. The number of halogens is 2. The van der Waals surface area contributed by atoms with Crippen molar-refractivity contribution in [3.05, 3.63) is 81.6 Å². The summed E-state index contributed by atoms with van der Waals surface area (Å²) in [5.74, 6) is -3.30. The Morgan fingerprint density at radius 3 is 2.69 bits per heavy atom. The van der Waals surface area contributed by atoms with Gasteiger partial charge in [-0.3, -0.25) is 14.4 Å². The van der Waals surface area contributed by atoms with E-state index in [-0.39, 0.29) is 36.9 Å². The lowest BCUT2D eigenvalue weighted by atomic mass is 9.84. The molecule has 0 spiro atoms. The fourth-order valence-corrected chi connectivity index (χ4v) is 4.69. The van der Waals surface area contributed by atoms with Crippen molar-refractivity contribution in [2.24, 2.45) is 0 Å². The number of ether oxygens (including phenoxy) is 1. The standard InChI is InChI=1S/C25H24F2N4O4/c26-19-6-5-15(11-20(19)27)25(24(34)29-13-16-7-10-35-16)14-28-8-9-31(25)23(33)18-12-22(32)30-21-4-2-1-3-17(18)21/h1-6,11-12,16,28H,7-10,13-14H2,(H,29,34)(H,30,32). The largest absolute Gasteiger partial charge is 0.376 e. The van der Waals surface area contributed by atoms with Gasteiger partial charge in [-0.25, -0.2) is 8.78 Å². The van der Waals surface area contributed by atoms with Crippen LogP contribution >= 0.6 is 0 Å². The second-order valence-electron chi connectivity index (χ2n) is 8.71. The third-order valence-corrected chi connectivity index (χ3v) is 6.64. The number of hydrogen-bond acceptors (Lipinski definition) is 5. The number of fused-ring (bicyclic) bond motifs is 1. The number of rotatable bonds is 5. The maximum Gasteiger partial charge on any atom is 0.255 e. The Bertz CT molecular complexity index is 1360. The molecule has 0 bridgehead atoms. The zero-order valence-corrected chi connectivity index (χ0v) is 18.8. The summed E-state index contributed by atoms with van der Waals surface area (Å²) >= 11 is 0. The van der Waals surface area contributed by atoms with Crippen molar-refractivity contribution in [3.8, 4) is 0 Å². The minimum atomic E-state index is -1.68. The van der Waals surface area contributed by atoms with E-state index in [9.17, 15) is 23.2 Å². The number of nitrogens with one attached hydrogen (secondary N) is 3. The number of carbonyl (C=O) groups excluding carboxylic acids is 2. The SMILES string of the molecule is O=C(c1cc(=O)[nH]c2ccccc12)N1CCNCC1(C(=O)NCC1CCO1)c1ccc(F)c(F)c1. The first-order valence-electron chi connectivity index (χ1n) is 11.4. The Balaban J connectivity index is 1.63. The lowest BCUT2D eigenvalue weighted by Gasteiger charge is -2.46. The second kappa shape index (κ2) is 9.20. The zero-order chi connectivity index (χ0) is 24.6. The van der Waals surface area contributed by atoms with Crippen LogP contribution in [0.1, 0.15) is 22.3 Å². The molecule has 2 unspecified atom stereocenters. The number of carbonyl (C=O) groups is 2. The highest BCUT2D eigenvalue weighted by Crippen LogP contribution is 2.34. The molecule has 2 saturated heterocycles. The van der Waals surface area contributed by atoms with Crippen LogP contribution in [0.3, 0.4) is 0 Å². The van der Waals surface area contributed by atoms with E-state index in [1.165, 1.54) is 17.0 Å². The van der Waals surface area contributed by atoms with Gasteiger partial charge in [-0.2, -0.15) is 0 Å². The molecule has 2 aliphatic rings. The molecule has 2 aromatic carbocycles. The Hall–Kier alpha value is -3.63. The smallest absolute Gasteiger partial charge is 0.255 e. The highest BCUT2D eigenvalue weighted by atomic mass is 19.2. The lowest BCUT2D eigenvalue weighted by molar-refractivity contribution is -0.135. The molecule has 0 radical (unpaired) electrons. The molecular formula is C25H24F2N4O4. The first-order valence-corrected chi connectivity index (χ1v) is 11.4. The normalized spacial score (nSPS) is 22.0. The van der Waals surface area contributed by atoms with Gasteiger partial charge in [-0.05, 0) is 30.2 Å². The number of aromatic nitrogens is 1. The predicted octanol–water partition coefficient (Wildman–Crippen LogP) is 1.65. The number of benzene rings is 2. The molecule has 2 fully saturated rings. The Morgan fingerprint density at radius 2 is 1.94 bits per heavy atom. The molecule has 3 aromatic rings. The fraction of sp³-hybridized carbons (Fsp3) is 0.320. The van der Waals surface area contributed by atoms with E-state index < -0.39 is 34.5 Å². The van der Waals surface area contributed by atoms with E-state index in [2.05, 4.69) is 15.6 Å². The second-order valence-corrected chi connectivity index (χ2v) is 8.71. The summed E-state index contributed by atoms with van der Waals surface area (Å²) < 4.78 is 33.6. The lowest BCUT2D eigenvalue weighted by Crippen LogP contribution is -2.67. The summed E-state index contributed by atoms with van der Waals surface area (Å²) in [5.41, 5.74) is -1.43. The number of amides is 2. The van der Waals surface area contributed by atoms with Crippen molar-refractivity contribution in [1.29, 1.82) is 0 Å². The average molecular weight is 482 g/mol. The van der Waals surface area contributed by atoms with Crippen LogP contribution in [0.25, 0.3) is 10.9 Å². The summed E-state index contributed by atoms with van der Waals surface area (Å²) in [5, 5.41) is 6.46. The quantitative estimate of drug-likeness (QED) is 0.513. The average Bonchev–Trinajstić information content (AvgIpc) is 2.83. The van der Waals surface area contributed by atoms with Crippen molar-refractivity contribution >= 4 is 22.7 Å². The number of piperazine rings is 1. The van der Waals surface area contributed by atoms with E-state index in [4.69, 9.17) is 4.74 Å². The highest BCUT2D eigenvalue weighted by molar-refractivity contribution is 6.08. The van der Waals surface area contributed by atoms with Gasteiger partial charge in [-0.15, -0.1) is 0 Å². The molecule has 0 saturated carbocycles. The summed E-state index contributed by atoms with van der Waals surface area (Å²) in [4.78, 5) is 44.1. The first kappa shape index (κ1) is 23.1. The highest BCUT2D eigenvalue weighted by Gasteiger charge is 2.50. The number of hydrogen-bond donors (Lipinski definition) is 3. The summed E-state index contributed by atoms with van der Waals surface area (Å²) in [6.45, 7) is 1.28. The summed E-state index contributed by atoms with van der Waals surface area (Å²) in [6, 6.07) is 11.2. The van der Waals surface area contributed by atoms with E-state index in [1.807, 2.05) is 0 Å². The van der Waals surface area contributed by atoms with Crippen LogP contribution in [-0.2, 0) is 15.1 Å². The number of para-hydroxylation sites is 1.